The van der Waals surface area contributed by atoms with E-state index in [4.69, 9.17) is 9.47 Å². The first-order valence-corrected chi connectivity index (χ1v) is 27.1. The van der Waals surface area contributed by atoms with E-state index < -0.39 is 6.10 Å². The SMILES string of the molecule is CC/C=C\C/C=C\C/C=C\C/C=C\C/C=C\C/C=C\C/C=C\C/C=C\CCCCCCCCC(=O)OC(CO)COC(=O)CCCCCCCCCCC/C=C\C/C=C\CCCCCCC. The molecule has 1 atom stereocenters. The van der Waals surface area contributed by atoms with Crippen molar-refractivity contribution in [1.29, 1.82) is 0 Å². The summed E-state index contributed by atoms with van der Waals surface area (Å²) in [4.78, 5) is 24.5. The fourth-order valence-electron chi connectivity index (χ4n) is 7.19. The van der Waals surface area contributed by atoms with Gasteiger partial charge in [0.15, 0.2) is 6.10 Å². The summed E-state index contributed by atoms with van der Waals surface area (Å²) in [5.41, 5.74) is 0. The minimum atomic E-state index is -0.791. The Balaban J connectivity index is 3.62. The second-order valence-corrected chi connectivity index (χ2v) is 17.6. The van der Waals surface area contributed by atoms with Gasteiger partial charge in [-0.1, -0.05) is 232 Å². The molecular formula is C61H100O5. The van der Waals surface area contributed by atoms with Crippen LogP contribution in [0.2, 0.25) is 0 Å². The molecule has 0 saturated heterocycles. The maximum absolute atomic E-state index is 12.3. The minimum absolute atomic E-state index is 0.0811. The normalized spacial score (nSPS) is 13.2. The van der Waals surface area contributed by atoms with Crippen LogP contribution in [0.3, 0.4) is 0 Å². The Bertz CT molecular complexity index is 1350. The molecule has 0 aromatic rings. The number of unbranched alkanes of at least 4 members (excludes halogenated alkanes) is 20. The molecule has 0 amide bonds. The molecule has 5 nitrogen and oxygen atoms in total. The Morgan fingerprint density at radius 2 is 0.652 bits per heavy atom. The summed E-state index contributed by atoms with van der Waals surface area (Å²) in [7, 11) is 0. The molecule has 1 unspecified atom stereocenters. The molecule has 0 heterocycles. The van der Waals surface area contributed by atoms with Crippen molar-refractivity contribution in [3.8, 4) is 0 Å². The van der Waals surface area contributed by atoms with Crippen molar-refractivity contribution in [1.82, 2.24) is 0 Å². The molecule has 0 aliphatic heterocycles. The number of aliphatic hydroxyl groups is 1. The van der Waals surface area contributed by atoms with Crippen LogP contribution in [0.25, 0.3) is 0 Å². The van der Waals surface area contributed by atoms with E-state index in [-0.39, 0.29) is 25.2 Å². The number of aliphatic hydroxyl groups excluding tert-OH is 1. The largest absolute Gasteiger partial charge is 0.462 e. The van der Waals surface area contributed by atoms with Crippen LogP contribution < -0.4 is 0 Å². The lowest BCUT2D eigenvalue weighted by atomic mass is 10.1. The number of allylic oxidation sites excluding steroid dienone is 20. The summed E-state index contributed by atoms with van der Waals surface area (Å²) < 4.78 is 10.7. The van der Waals surface area contributed by atoms with Gasteiger partial charge in [0, 0.05) is 12.8 Å². The van der Waals surface area contributed by atoms with Crippen molar-refractivity contribution in [2.75, 3.05) is 13.2 Å². The lowest BCUT2D eigenvalue weighted by Crippen LogP contribution is -2.28. The first-order valence-electron chi connectivity index (χ1n) is 27.1. The van der Waals surface area contributed by atoms with Crippen LogP contribution in [0.4, 0.5) is 0 Å². The minimum Gasteiger partial charge on any atom is -0.462 e. The Labute approximate surface area is 407 Å². The fraction of sp³-hybridized carbons (Fsp3) is 0.639. The first-order chi connectivity index (χ1) is 32.6. The topological polar surface area (TPSA) is 72.8 Å². The maximum Gasteiger partial charge on any atom is 0.306 e. The molecule has 0 bridgehead atoms. The zero-order valence-electron chi connectivity index (χ0n) is 42.7. The van der Waals surface area contributed by atoms with Crippen LogP contribution >= 0.6 is 0 Å². The average molecular weight is 913 g/mol. The van der Waals surface area contributed by atoms with Crippen LogP contribution in [0.5, 0.6) is 0 Å². The van der Waals surface area contributed by atoms with Crippen LogP contribution in [0, 0.1) is 0 Å². The molecule has 0 fully saturated rings. The van der Waals surface area contributed by atoms with Crippen molar-refractivity contribution in [3.63, 3.8) is 0 Å². The number of carbonyl (C=O) groups is 2. The number of hydrogen-bond donors (Lipinski definition) is 1. The van der Waals surface area contributed by atoms with Crippen LogP contribution in [0.1, 0.15) is 232 Å². The maximum atomic E-state index is 12.3. The number of esters is 2. The molecule has 66 heavy (non-hydrogen) atoms. The standard InChI is InChI=1S/C61H100O5/c1-3-5-7-9-11-13-15-17-19-21-23-25-26-27-28-29-30-31-32-33-34-36-38-40-42-44-46-48-50-52-54-56-61(64)66-59(57-62)58-65-60(63)55-53-51-49-47-45-43-41-39-37-35-24-22-20-18-16-14-12-10-8-6-4-2/h5,7,11,13,16-19,22-25,27-28,30-31,33-34,38,40,59,62H,3-4,6,8-10,12,14-15,20-21,26,29,32,35-37,39,41-58H2,1-2H3/b7-5-,13-11-,18-16-,19-17-,24-22-,25-23-,28-27-,31-30-,34-33-,40-38-. The van der Waals surface area contributed by atoms with Gasteiger partial charge in [-0.05, 0) is 109 Å². The molecule has 0 spiro atoms. The highest BCUT2D eigenvalue weighted by Crippen LogP contribution is 2.14. The van der Waals surface area contributed by atoms with E-state index in [1.54, 1.807) is 0 Å². The molecule has 0 aliphatic rings. The van der Waals surface area contributed by atoms with Crippen molar-refractivity contribution in [3.05, 3.63) is 122 Å². The smallest absolute Gasteiger partial charge is 0.306 e. The number of ether oxygens (including phenoxy) is 2. The van der Waals surface area contributed by atoms with E-state index in [1.165, 1.54) is 103 Å². The fourth-order valence-corrected chi connectivity index (χ4v) is 7.19. The van der Waals surface area contributed by atoms with E-state index in [0.29, 0.717) is 12.8 Å². The van der Waals surface area contributed by atoms with Gasteiger partial charge in [-0.3, -0.25) is 9.59 Å². The van der Waals surface area contributed by atoms with Gasteiger partial charge in [0.25, 0.3) is 0 Å². The summed E-state index contributed by atoms with van der Waals surface area (Å²) in [6.45, 7) is 4.00. The van der Waals surface area contributed by atoms with Gasteiger partial charge in [0.2, 0.25) is 0 Å². The lowest BCUT2D eigenvalue weighted by molar-refractivity contribution is -0.161. The van der Waals surface area contributed by atoms with E-state index in [2.05, 4.69) is 135 Å². The third kappa shape index (κ3) is 52.9. The summed E-state index contributed by atoms with van der Waals surface area (Å²) in [6, 6.07) is 0. The number of carbonyl (C=O) groups excluding carboxylic acids is 2. The predicted molar refractivity (Wildman–Crippen MR) is 288 cm³/mol. The highest BCUT2D eigenvalue weighted by atomic mass is 16.6. The molecule has 0 aromatic heterocycles. The molecule has 0 radical (unpaired) electrons. The van der Waals surface area contributed by atoms with E-state index in [0.717, 1.165) is 103 Å². The first kappa shape index (κ1) is 62.3. The molecule has 0 rings (SSSR count). The summed E-state index contributed by atoms with van der Waals surface area (Å²) in [5.74, 6) is -0.618. The van der Waals surface area contributed by atoms with Crippen molar-refractivity contribution in [2.45, 2.75) is 238 Å². The Morgan fingerprint density at radius 1 is 0.364 bits per heavy atom. The number of rotatable bonds is 48. The van der Waals surface area contributed by atoms with E-state index >= 15 is 0 Å². The predicted octanol–water partition coefficient (Wildman–Crippen LogP) is 18.3. The van der Waals surface area contributed by atoms with E-state index in [1.807, 2.05) is 0 Å². The van der Waals surface area contributed by atoms with Crippen molar-refractivity contribution < 1.29 is 24.2 Å². The van der Waals surface area contributed by atoms with Gasteiger partial charge in [0.1, 0.15) is 6.61 Å². The zero-order valence-corrected chi connectivity index (χ0v) is 42.7. The van der Waals surface area contributed by atoms with Gasteiger partial charge < -0.3 is 14.6 Å². The zero-order chi connectivity index (χ0) is 47.7. The molecule has 374 valence electrons. The Morgan fingerprint density at radius 3 is 0.985 bits per heavy atom. The molecule has 5 heteroatoms. The molecule has 1 N–H and O–H groups in total. The van der Waals surface area contributed by atoms with Crippen molar-refractivity contribution >= 4 is 11.9 Å². The summed E-state index contributed by atoms with van der Waals surface area (Å²) in [6.07, 6.45) is 81.5. The Kier molecular flexibility index (Phi) is 52.5. The highest BCUT2D eigenvalue weighted by molar-refractivity contribution is 5.70. The van der Waals surface area contributed by atoms with Gasteiger partial charge >= 0.3 is 11.9 Å². The third-order valence-electron chi connectivity index (χ3n) is 11.2. The quantitative estimate of drug-likeness (QED) is 0.0374. The van der Waals surface area contributed by atoms with Gasteiger partial charge in [-0.2, -0.15) is 0 Å². The van der Waals surface area contributed by atoms with Crippen LogP contribution in [-0.2, 0) is 19.1 Å². The summed E-state index contributed by atoms with van der Waals surface area (Å²) in [5, 5.41) is 9.64. The Hall–Kier alpha value is -3.70. The molecule has 0 aliphatic carbocycles. The monoisotopic (exact) mass is 913 g/mol. The van der Waals surface area contributed by atoms with Gasteiger partial charge in [0.05, 0.1) is 6.61 Å². The third-order valence-corrected chi connectivity index (χ3v) is 11.2. The van der Waals surface area contributed by atoms with E-state index in [9.17, 15) is 14.7 Å². The van der Waals surface area contributed by atoms with Gasteiger partial charge in [-0.25, -0.2) is 0 Å². The second-order valence-electron chi connectivity index (χ2n) is 17.6. The van der Waals surface area contributed by atoms with Gasteiger partial charge in [-0.15, -0.1) is 0 Å². The highest BCUT2D eigenvalue weighted by Gasteiger charge is 2.16. The average Bonchev–Trinajstić information content (AvgIpc) is 3.32. The summed E-state index contributed by atoms with van der Waals surface area (Å²) >= 11 is 0. The lowest BCUT2D eigenvalue weighted by Gasteiger charge is -2.15. The molecular weight excluding hydrogens is 813 g/mol. The second kappa shape index (κ2) is 55.6. The van der Waals surface area contributed by atoms with Crippen LogP contribution in [0.15, 0.2) is 122 Å². The molecule has 0 saturated carbocycles. The molecule has 0 aromatic carbocycles. The van der Waals surface area contributed by atoms with Crippen molar-refractivity contribution in [2.24, 2.45) is 0 Å². The van der Waals surface area contributed by atoms with Crippen LogP contribution in [-0.4, -0.2) is 36.4 Å². The number of hydrogen-bond acceptors (Lipinski definition) is 5.